The second kappa shape index (κ2) is 4.93. The third-order valence-corrected chi connectivity index (χ3v) is 3.64. The fourth-order valence-corrected chi connectivity index (χ4v) is 2.67. The first kappa shape index (κ1) is 12.5. The molecule has 0 radical (unpaired) electrons. The zero-order valence-corrected chi connectivity index (χ0v) is 11.6. The molecular weight excluding hydrogens is 274 g/mol. The van der Waals surface area contributed by atoms with Gasteiger partial charge in [0.25, 0.3) is 5.82 Å². The van der Waals surface area contributed by atoms with Crippen molar-refractivity contribution in [2.75, 3.05) is 0 Å². The standard InChI is InChI=1S/C17H11N5/c18-9-17-19-11-22(21-17)10-16-14-7-2-1-5-12(14)13-6-3-4-8-15(13)20-16/h1-8,11H,10H2. The predicted molar refractivity (Wildman–Crippen MR) is 83.1 cm³/mol. The van der Waals surface area contributed by atoms with E-state index in [4.69, 9.17) is 10.2 Å². The van der Waals surface area contributed by atoms with Crippen molar-refractivity contribution in [1.29, 1.82) is 5.26 Å². The van der Waals surface area contributed by atoms with Crippen LogP contribution in [0, 0.1) is 11.3 Å². The first-order valence-corrected chi connectivity index (χ1v) is 6.91. The Labute approximate surface area is 126 Å². The first-order valence-electron chi connectivity index (χ1n) is 6.91. The van der Waals surface area contributed by atoms with Gasteiger partial charge in [-0.1, -0.05) is 42.5 Å². The number of hydrogen-bond acceptors (Lipinski definition) is 4. The van der Waals surface area contributed by atoms with E-state index in [1.807, 2.05) is 36.4 Å². The SMILES string of the molecule is N#Cc1ncn(Cc2nc3ccccc3c3ccccc23)n1. The van der Waals surface area contributed by atoms with E-state index < -0.39 is 0 Å². The van der Waals surface area contributed by atoms with Crippen LogP contribution in [-0.4, -0.2) is 19.7 Å². The Balaban J connectivity index is 1.93. The molecule has 0 amide bonds. The van der Waals surface area contributed by atoms with Crippen molar-refractivity contribution in [3.8, 4) is 6.07 Å². The van der Waals surface area contributed by atoms with Gasteiger partial charge in [-0.15, -0.1) is 5.10 Å². The van der Waals surface area contributed by atoms with Gasteiger partial charge in [-0.3, -0.25) is 4.98 Å². The van der Waals surface area contributed by atoms with Crippen LogP contribution in [0.5, 0.6) is 0 Å². The summed E-state index contributed by atoms with van der Waals surface area (Å²) in [7, 11) is 0. The molecule has 0 N–H and O–H groups in total. The molecule has 0 saturated heterocycles. The smallest absolute Gasteiger partial charge is 0.250 e. The summed E-state index contributed by atoms with van der Waals surface area (Å²) >= 11 is 0. The van der Waals surface area contributed by atoms with Crippen molar-refractivity contribution in [3.63, 3.8) is 0 Å². The minimum atomic E-state index is 0.171. The third-order valence-electron chi connectivity index (χ3n) is 3.64. The van der Waals surface area contributed by atoms with Gasteiger partial charge >= 0.3 is 0 Å². The topological polar surface area (TPSA) is 67.4 Å². The summed E-state index contributed by atoms with van der Waals surface area (Å²) < 4.78 is 1.64. The number of aromatic nitrogens is 4. The number of hydrogen-bond donors (Lipinski definition) is 0. The van der Waals surface area contributed by atoms with Gasteiger partial charge in [0.05, 0.1) is 17.8 Å². The molecule has 5 nitrogen and oxygen atoms in total. The number of nitrogens with zero attached hydrogens (tertiary/aromatic N) is 5. The molecule has 4 aromatic rings. The van der Waals surface area contributed by atoms with Crippen LogP contribution in [0.15, 0.2) is 54.9 Å². The molecule has 0 aliphatic heterocycles. The lowest BCUT2D eigenvalue weighted by atomic mass is 10.0. The van der Waals surface area contributed by atoms with Crippen molar-refractivity contribution in [2.45, 2.75) is 6.54 Å². The summed E-state index contributed by atoms with van der Waals surface area (Å²) in [4.78, 5) is 8.70. The van der Waals surface area contributed by atoms with E-state index in [0.717, 1.165) is 22.0 Å². The van der Waals surface area contributed by atoms with Crippen LogP contribution < -0.4 is 0 Å². The molecule has 2 aromatic carbocycles. The zero-order valence-electron chi connectivity index (χ0n) is 11.6. The zero-order chi connectivity index (χ0) is 14.9. The van der Waals surface area contributed by atoms with Crippen molar-refractivity contribution < 1.29 is 0 Å². The van der Waals surface area contributed by atoms with Gasteiger partial charge in [-0.2, -0.15) is 5.26 Å². The first-order chi connectivity index (χ1) is 10.8. The second-order valence-electron chi connectivity index (χ2n) is 5.00. The highest BCUT2D eigenvalue weighted by Crippen LogP contribution is 2.26. The molecule has 22 heavy (non-hydrogen) atoms. The van der Waals surface area contributed by atoms with E-state index in [0.29, 0.717) is 6.54 Å². The Morgan fingerprint density at radius 3 is 2.45 bits per heavy atom. The molecule has 0 bridgehead atoms. The van der Waals surface area contributed by atoms with Crippen LogP contribution in [0.1, 0.15) is 11.5 Å². The number of para-hydroxylation sites is 1. The molecule has 5 heteroatoms. The Morgan fingerprint density at radius 1 is 0.955 bits per heavy atom. The molecule has 2 aromatic heterocycles. The van der Waals surface area contributed by atoms with E-state index in [-0.39, 0.29) is 5.82 Å². The number of fused-ring (bicyclic) bond motifs is 3. The highest BCUT2D eigenvalue weighted by atomic mass is 15.3. The summed E-state index contributed by atoms with van der Waals surface area (Å²) in [5, 5.41) is 16.3. The van der Waals surface area contributed by atoms with Gasteiger partial charge in [0.15, 0.2) is 0 Å². The van der Waals surface area contributed by atoms with Crippen molar-refractivity contribution in [2.24, 2.45) is 0 Å². The molecule has 0 aliphatic carbocycles. The Morgan fingerprint density at radius 2 is 1.68 bits per heavy atom. The van der Waals surface area contributed by atoms with Gasteiger partial charge < -0.3 is 0 Å². The van der Waals surface area contributed by atoms with Crippen LogP contribution in [0.3, 0.4) is 0 Å². The lowest BCUT2D eigenvalue weighted by Crippen LogP contribution is -2.04. The van der Waals surface area contributed by atoms with E-state index in [1.165, 1.54) is 5.39 Å². The van der Waals surface area contributed by atoms with Crippen molar-refractivity contribution >= 4 is 21.7 Å². The minimum absolute atomic E-state index is 0.171. The summed E-state index contributed by atoms with van der Waals surface area (Å²) in [6.07, 6.45) is 1.56. The quantitative estimate of drug-likeness (QED) is 0.531. The minimum Gasteiger partial charge on any atom is -0.250 e. The monoisotopic (exact) mass is 285 g/mol. The second-order valence-corrected chi connectivity index (χ2v) is 5.00. The largest absolute Gasteiger partial charge is 0.252 e. The van der Waals surface area contributed by atoms with Crippen LogP contribution in [0.25, 0.3) is 21.7 Å². The molecule has 0 saturated carbocycles. The van der Waals surface area contributed by atoms with Crippen molar-refractivity contribution in [3.05, 3.63) is 66.4 Å². The van der Waals surface area contributed by atoms with E-state index in [1.54, 1.807) is 11.0 Å². The highest BCUT2D eigenvalue weighted by molar-refractivity contribution is 6.06. The molecule has 0 spiro atoms. The molecule has 0 fully saturated rings. The molecule has 104 valence electrons. The molecule has 0 aliphatic rings. The lowest BCUT2D eigenvalue weighted by molar-refractivity contribution is 0.674. The van der Waals surface area contributed by atoms with E-state index in [2.05, 4.69) is 28.3 Å². The fraction of sp³-hybridized carbons (Fsp3) is 0.0588. The normalized spacial score (nSPS) is 10.9. The number of benzene rings is 2. The summed E-state index contributed by atoms with van der Waals surface area (Å²) in [6.45, 7) is 0.486. The molecule has 4 rings (SSSR count). The van der Waals surface area contributed by atoms with Crippen LogP contribution in [0.4, 0.5) is 0 Å². The highest BCUT2D eigenvalue weighted by Gasteiger charge is 2.09. The average molecular weight is 285 g/mol. The van der Waals surface area contributed by atoms with Gasteiger partial charge in [-0.25, -0.2) is 9.67 Å². The maximum atomic E-state index is 8.83. The molecule has 0 atom stereocenters. The lowest BCUT2D eigenvalue weighted by Gasteiger charge is -2.09. The van der Waals surface area contributed by atoms with Crippen LogP contribution >= 0.6 is 0 Å². The van der Waals surface area contributed by atoms with Crippen LogP contribution in [-0.2, 0) is 6.54 Å². The number of nitriles is 1. The van der Waals surface area contributed by atoms with Crippen molar-refractivity contribution in [1.82, 2.24) is 19.7 Å². The Kier molecular flexibility index (Phi) is 2.80. The van der Waals surface area contributed by atoms with E-state index >= 15 is 0 Å². The molecule has 2 heterocycles. The third kappa shape index (κ3) is 1.98. The van der Waals surface area contributed by atoms with Gasteiger partial charge in [0.1, 0.15) is 12.4 Å². The van der Waals surface area contributed by atoms with Gasteiger partial charge in [-0.05, 0) is 11.5 Å². The summed E-state index contributed by atoms with van der Waals surface area (Å²) in [6, 6.07) is 18.2. The average Bonchev–Trinajstić information content (AvgIpc) is 3.03. The Bertz CT molecular complexity index is 1030. The van der Waals surface area contributed by atoms with Gasteiger partial charge in [0, 0.05) is 10.8 Å². The number of pyridine rings is 1. The molecular formula is C17H11N5. The fourth-order valence-electron chi connectivity index (χ4n) is 2.67. The summed E-state index contributed by atoms with van der Waals surface area (Å²) in [5.41, 5.74) is 1.88. The molecule has 0 unspecified atom stereocenters. The van der Waals surface area contributed by atoms with Crippen LogP contribution in [0.2, 0.25) is 0 Å². The maximum Gasteiger partial charge on any atom is 0.252 e. The summed E-state index contributed by atoms with van der Waals surface area (Å²) in [5.74, 6) is 0.171. The van der Waals surface area contributed by atoms with E-state index in [9.17, 15) is 0 Å². The number of rotatable bonds is 2. The Hall–Kier alpha value is -3.26. The van der Waals surface area contributed by atoms with Gasteiger partial charge in [0.2, 0.25) is 0 Å². The predicted octanol–water partition coefficient (Wildman–Crippen LogP) is 2.90. The maximum absolute atomic E-state index is 8.83.